The van der Waals surface area contributed by atoms with E-state index in [1.807, 2.05) is 24.2 Å². The van der Waals surface area contributed by atoms with Gasteiger partial charge in [-0.3, -0.25) is 0 Å². The van der Waals surface area contributed by atoms with Crippen LogP contribution in [0.4, 0.5) is 0 Å². The van der Waals surface area contributed by atoms with E-state index in [1.165, 1.54) is 4.88 Å². The van der Waals surface area contributed by atoms with Crippen molar-refractivity contribution >= 4 is 23.1 Å². The number of rotatable bonds is 7. The highest BCUT2D eigenvalue weighted by atomic mass is 32.2. The van der Waals surface area contributed by atoms with Crippen molar-refractivity contribution in [1.29, 1.82) is 0 Å². The van der Waals surface area contributed by atoms with E-state index in [0.29, 0.717) is 0 Å². The van der Waals surface area contributed by atoms with E-state index in [1.54, 1.807) is 23.1 Å². The summed E-state index contributed by atoms with van der Waals surface area (Å²) in [6.07, 6.45) is 1.01. The van der Waals surface area contributed by atoms with Crippen LogP contribution in [0.15, 0.2) is 10.7 Å². The molecule has 98 valence electrons. The molecule has 0 amide bonds. The summed E-state index contributed by atoms with van der Waals surface area (Å²) in [6, 6.07) is 0. The summed E-state index contributed by atoms with van der Waals surface area (Å²) in [7, 11) is 1.92. The molecule has 0 saturated heterocycles. The molecule has 8 heteroatoms. The molecule has 6 nitrogen and oxygen atoms in total. The summed E-state index contributed by atoms with van der Waals surface area (Å²) in [4.78, 5) is 5.59. The fraction of sp³-hybridized carbons (Fsp3) is 0.600. The minimum Gasteiger partial charge on any atom is -0.318 e. The maximum absolute atomic E-state index is 4.25. The van der Waals surface area contributed by atoms with Crippen LogP contribution in [0.1, 0.15) is 10.6 Å². The Balaban J connectivity index is 1.83. The van der Waals surface area contributed by atoms with Crippen molar-refractivity contribution in [2.45, 2.75) is 25.0 Å². The van der Waals surface area contributed by atoms with Crippen LogP contribution in [-0.2, 0) is 13.0 Å². The number of aryl methyl sites for hydroxylation is 2. The average molecular weight is 284 g/mol. The molecule has 0 bridgehead atoms. The number of hydrogen-bond donors (Lipinski definition) is 1. The summed E-state index contributed by atoms with van der Waals surface area (Å²) in [5.74, 6) is 0.975. The second-order valence-corrected chi connectivity index (χ2v) is 5.75. The van der Waals surface area contributed by atoms with Crippen LogP contribution in [0.2, 0.25) is 0 Å². The van der Waals surface area contributed by atoms with Gasteiger partial charge in [0.05, 0.1) is 17.7 Å². The molecular formula is C10H16N6S2. The molecule has 0 unspecified atom stereocenters. The van der Waals surface area contributed by atoms with E-state index in [4.69, 9.17) is 0 Å². The lowest BCUT2D eigenvalue weighted by molar-refractivity contribution is 0.530. The monoisotopic (exact) mass is 284 g/mol. The number of thiazole rings is 1. The van der Waals surface area contributed by atoms with Gasteiger partial charge in [-0.25, -0.2) is 9.67 Å². The van der Waals surface area contributed by atoms with E-state index in [0.717, 1.165) is 36.1 Å². The number of thioether (sulfide) groups is 1. The number of nitrogens with one attached hydrogen (secondary N) is 1. The molecular weight excluding hydrogens is 268 g/mol. The standard InChI is InChI=1S/C10H16N6S2/c1-8-9(18-7-12-8)3-6-17-10-13-14-15-16(10)5-4-11-2/h7,11H,3-6H2,1-2H3. The van der Waals surface area contributed by atoms with Crippen molar-refractivity contribution < 1.29 is 0 Å². The molecule has 0 aliphatic carbocycles. The third-order valence-corrected chi connectivity index (χ3v) is 4.43. The first-order valence-electron chi connectivity index (χ1n) is 5.73. The molecule has 0 fully saturated rings. The van der Waals surface area contributed by atoms with Crippen LogP contribution in [0, 0.1) is 6.92 Å². The summed E-state index contributed by atoms with van der Waals surface area (Å²) in [5.41, 5.74) is 3.03. The average Bonchev–Trinajstić information content (AvgIpc) is 2.97. The number of tetrazole rings is 1. The van der Waals surface area contributed by atoms with Gasteiger partial charge >= 0.3 is 0 Å². The Hall–Kier alpha value is -0.990. The molecule has 2 heterocycles. The smallest absolute Gasteiger partial charge is 0.209 e. The highest BCUT2D eigenvalue weighted by Gasteiger charge is 2.07. The summed E-state index contributed by atoms with van der Waals surface area (Å²) < 4.78 is 1.83. The van der Waals surface area contributed by atoms with Crippen LogP contribution in [0.3, 0.4) is 0 Å². The van der Waals surface area contributed by atoms with Gasteiger partial charge in [0, 0.05) is 17.2 Å². The molecule has 2 rings (SSSR count). The third kappa shape index (κ3) is 3.50. The lowest BCUT2D eigenvalue weighted by atomic mass is 10.3. The minimum atomic E-state index is 0.797. The fourth-order valence-electron chi connectivity index (χ4n) is 1.46. The van der Waals surface area contributed by atoms with Gasteiger partial charge in [-0.05, 0) is 30.8 Å². The minimum absolute atomic E-state index is 0.797. The van der Waals surface area contributed by atoms with Crippen LogP contribution in [-0.4, -0.2) is 44.5 Å². The molecule has 0 aliphatic heterocycles. The molecule has 2 aromatic heterocycles. The predicted octanol–water partition coefficient (Wildman–Crippen LogP) is 0.992. The molecule has 0 spiro atoms. The van der Waals surface area contributed by atoms with Gasteiger partial charge in [0.15, 0.2) is 0 Å². The van der Waals surface area contributed by atoms with Crippen molar-refractivity contribution in [3.63, 3.8) is 0 Å². The zero-order valence-electron chi connectivity index (χ0n) is 10.5. The quantitative estimate of drug-likeness (QED) is 0.765. The molecule has 0 aliphatic rings. The van der Waals surface area contributed by atoms with Crippen LogP contribution < -0.4 is 5.32 Å². The summed E-state index contributed by atoms with van der Waals surface area (Å²) >= 11 is 3.40. The van der Waals surface area contributed by atoms with Crippen LogP contribution in [0.25, 0.3) is 0 Å². The van der Waals surface area contributed by atoms with E-state index >= 15 is 0 Å². The first-order chi connectivity index (χ1) is 8.81. The first kappa shape index (κ1) is 13.4. The van der Waals surface area contributed by atoms with Gasteiger partial charge in [-0.1, -0.05) is 11.8 Å². The predicted molar refractivity (Wildman–Crippen MR) is 73.0 cm³/mol. The Morgan fingerprint density at radius 1 is 1.50 bits per heavy atom. The Morgan fingerprint density at radius 2 is 2.39 bits per heavy atom. The van der Waals surface area contributed by atoms with Crippen molar-refractivity contribution in [3.05, 3.63) is 16.1 Å². The normalized spacial score (nSPS) is 11.0. The number of likely N-dealkylation sites (N-methyl/N-ethyl adjacent to an activating group) is 1. The number of nitrogens with zero attached hydrogens (tertiary/aromatic N) is 5. The molecule has 0 saturated carbocycles. The van der Waals surface area contributed by atoms with E-state index < -0.39 is 0 Å². The SMILES string of the molecule is CNCCn1nnnc1SCCc1scnc1C. The van der Waals surface area contributed by atoms with Gasteiger partial charge in [-0.15, -0.1) is 16.4 Å². The largest absolute Gasteiger partial charge is 0.318 e. The number of aromatic nitrogens is 5. The maximum atomic E-state index is 4.25. The third-order valence-electron chi connectivity index (χ3n) is 2.48. The Morgan fingerprint density at radius 3 is 3.11 bits per heavy atom. The summed E-state index contributed by atoms with van der Waals surface area (Å²) in [6.45, 7) is 3.71. The van der Waals surface area contributed by atoms with Gasteiger partial charge in [0.1, 0.15) is 0 Å². The van der Waals surface area contributed by atoms with Crippen molar-refractivity contribution in [3.8, 4) is 0 Å². The maximum Gasteiger partial charge on any atom is 0.209 e. The Bertz CT molecular complexity index is 480. The van der Waals surface area contributed by atoms with E-state index in [9.17, 15) is 0 Å². The second kappa shape index (κ2) is 6.81. The topological polar surface area (TPSA) is 68.5 Å². The Labute approximate surface area is 114 Å². The van der Waals surface area contributed by atoms with Gasteiger partial charge in [-0.2, -0.15) is 0 Å². The molecule has 0 radical (unpaired) electrons. The summed E-state index contributed by atoms with van der Waals surface area (Å²) in [5, 5.41) is 15.7. The van der Waals surface area contributed by atoms with Gasteiger partial charge in [0.2, 0.25) is 5.16 Å². The Kier molecular flexibility index (Phi) is 5.09. The van der Waals surface area contributed by atoms with Gasteiger partial charge in [0.25, 0.3) is 0 Å². The van der Waals surface area contributed by atoms with Crippen molar-refractivity contribution in [2.75, 3.05) is 19.3 Å². The lowest BCUT2D eigenvalue weighted by Gasteiger charge is -2.03. The highest BCUT2D eigenvalue weighted by Crippen LogP contribution is 2.19. The van der Waals surface area contributed by atoms with Gasteiger partial charge < -0.3 is 5.32 Å². The van der Waals surface area contributed by atoms with E-state index in [-0.39, 0.29) is 0 Å². The molecule has 0 atom stereocenters. The van der Waals surface area contributed by atoms with E-state index in [2.05, 4.69) is 25.8 Å². The molecule has 18 heavy (non-hydrogen) atoms. The molecule has 1 N–H and O–H groups in total. The number of hydrogen-bond acceptors (Lipinski definition) is 7. The van der Waals surface area contributed by atoms with Crippen LogP contribution >= 0.6 is 23.1 Å². The molecule has 2 aromatic rings. The van der Waals surface area contributed by atoms with Crippen molar-refractivity contribution in [1.82, 2.24) is 30.5 Å². The lowest BCUT2D eigenvalue weighted by Crippen LogP contribution is -2.16. The second-order valence-electron chi connectivity index (χ2n) is 3.75. The zero-order valence-corrected chi connectivity index (χ0v) is 12.1. The first-order valence-corrected chi connectivity index (χ1v) is 7.60. The highest BCUT2D eigenvalue weighted by molar-refractivity contribution is 7.99. The molecule has 0 aromatic carbocycles. The van der Waals surface area contributed by atoms with Crippen LogP contribution in [0.5, 0.6) is 0 Å². The van der Waals surface area contributed by atoms with Crippen molar-refractivity contribution in [2.24, 2.45) is 0 Å². The fourth-order valence-corrected chi connectivity index (χ4v) is 3.23. The zero-order chi connectivity index (χ0) is 12.8.